The fourth-order valence-corrected chi connectivity index (χ4v) is 2.07. The van der Waals surface area contributed by atoms with Crippen molar-refractivity contribution < 1.29 is 9.21 Å². The molecule has 0 aliphatic carbocycles. The van der Waals surface area contributed by atoms with E-state index in [2.05, 4.69) is 10.6 Å². The van der Waals surface area contributed by atoms with E-state index >= 15 is 0 Å². The molecular formula is C12H19ClN2O2. The van der Waals surface area contributed by atoms with Crippen LogP contribution in [0, 0.1) is 12.8 Å². The van der Waals surface area contributed by atoms with Crippen molar-refractivity contribution in [3.8, 4) is 0 Å². The largest absolute Gasteiger partial charge is 0.469 e. The Morgan fingerprint density at radius 3 is 3.06 bits per heavy atom. The molecule has 1 saturated heterocycles. The summed E-state index contributed by atoms with van der Waals surface area (Å²) >= 11 is 0. The molecule has 1 amide bonds. The van der Waals surface area contributed by atoms with Crippen LogP contribution in [-0.4, -0.2) is 25.5 Å². The Labute approximate surface area is 108 Å². The second-order valence-electron chi connectivity index (χ2n) is 4.29. The van der Waals surface area contributed by atoms with Gasteiger partial charge in [-0.2, -0.15) is 0 Å². The van der Waals surface area contributed by atoms with Crippen LogP contribution in [-0.2, 0) is 0 Å². The highest BCUT2D eigenvalue weighted by molar-refractivity contribution is 5.94. The molecule has 0 spiro atoms. The van der Waals surface area contributed by atoms with Gasteiger partial charge in [-0.05, 0) is 44.8 Å². The Balaban J connectivity index is 0.00000144. The number of carbonyl (C=O) groups excluding carboxylic acids is 1. The molecule has 1 fully saturated rings. The second kappa shape index (κ2) is 6.67. The summed E-state index contributed by atoms with van der Waals surface area (Å²) in [4.78, 5) is 11.7. The zero-order chi connectivity index (χ0) is 11.4. The fraction of sp³-hybridized carbons (Fsp3) is 0.583. The molecule has 1 aromatic rings. The summed E-state index contributed by atoms with van der Waals surface area (Å²) in [5, 5.41) is 6.25. The Kier molecular flexibility index (Phi) is 5.51. The Bertz CT molecular complexity index is 359. The summed E-state index contributed by atoms with van der Waals surface area (Å²) < 4.78 is 5.09. The van der Waals surface area contributed by atoms with Crippen molar-refractivity contribution in [1.29, 1.82) is 0 Å². The number of furan rings is 1. The van der Waals surface area contributed by atoms with Gasteiger partial charge in [-0.3, -0.25) is 4.79 Å². The normalized spacial score (nSPS) is 18.8. The average Bonchev–Trinajstić information content (AvgIpc) is 2.88. The number of carbonyl (C=O) groups is 1. The summed E-state index contributed by atoms with van der Waals surface area (Å²) in [6.07, 6.45) is 3.82. The van der Waals surface area contributed by atoms with Crippen LogP contribution >= 0.6 is 12.4 Å². The lowest BCUT2D eigenvalue weighted by Crippen LogP contribution is -2.26. The third-order valence-electron chi connectivity index (χ3n) is 3.10. The van der Waals surface area contributed by atoms with Crippen LogP contribution in [0.25, 0.3) is 0 Å². The molecule has 0 aromatic carbocycles. The van der Waals surface area contributed by atoms with E-state index in [1.165, 1.54) is 6.42 Å². The van der Waals surface area contributed by atoms with Crippen LogP contribution in [0.1, 0.15) is 29.0 Å². The first-order valence-electron chi connectivity index (χ1n) is 5.80. The average molecular weight is 259 g/mol. The molecule has 5 heteroatoms. The van der Waals surface area contributed by atoms with E-state index < -0.39 is 0 Å². The smallest absolute Gasteiger partial charge is 0.254 e. The minimum atomic E-state index is -0.0304. The van der Waals surface area contributed by atoms with E-state index in [1.54, 1.807) is 19.3 Å². The number of rotatable bonds is 4. The third kappa shape index (κ3) is 3.75. The van der Waals surface area contributed by atoms with Gasteiger partial charge in [0, 0.05) is 6.54 Å². The van der Waals surface area contributed by atoms with Crippen molar-refractivity contribution in [3.05, 3.63) is 23.7 Å². The molecule has 1 unspecified atom stereocenters. The van der Waals surface area contributed by atoms with Crippen molar-refractivity contribution in [2.24, 2.45) is 5.92 Å². The van der Waals surface area contributed by atoms with Gasteiger partial charge in [0.15, 0.2) is 0 Å². The van der Waals surface area contributed by atoms with Crippen molar-refractivity contribution >= 4 is 18.3 Å². The standard InChI is InChI=1S/C12H18N2O2.ClH/c1-9-11(4-7-16-9)12(15)14-6-3-10-2-5-13-8-10;/h4,7,10,13H,2-3,5-6,8H2,1H3,(H,14,15);1H. The van der Waals surface area contributed by atoms with Gasteiger partial charge in [0.2, 0.25) is 0 Å². The number of halogens is 1. The van der Waals surface area contributed by atoms with Gasteiger partial charge >= 0.3 is 0 Å². The molecule has 1 atom stereocenters. The zero-order valence-electron chi connectivity index (χ0n) is 9.99. The summed E-state index contributed by atoms with van der Waals surface area (Å²) in [6.45, 7) is 4.74. The van der Waals surface area contributed by atoms with Crippen LogP contribution in [0.3, 0.4) is 0 Å². The summed E-state index contributed by atoms with van der Waals surface area (Å²) in [7, 11) is 0. The highest BCUT2D eigenvalue weighted by Gasteiger charge is 2.15. The topological polar surface area (TPSA) is 54.3 Å². The Morgan fingerprint density at radius 2 is 2.47 bits per heavy atom. The number of aryl methyl sites for hydroxylation is 1. The van der Waals surface area contributed by atoms with Gasteiger partial charge in [-0.15, -0.1) is 12.4 Å². The van der Waals surface area contributed by atoms with Crippen molar-refractivity contribution in [2.45, 2.75) is 19.8 Å². The molecule has 0 saturated carbocycles. The van der Waals surface area contributed by atoms with E-state index in [0.29, 0.717) is 17.2 Å². The van der Waals surface area contributed by atoms with Gasteiger partial charge in [-0.25, -0.2) is 0 Å². The van der Waals surface area contributed by atoms with E-state index in [4.69, 9.17) is 4.42 Å². The number of hydrogen-bond donors (Lipinski definition) is 2. The Morgan fingerprint density at radius 1 is 1.65 bits per heavy atom. The predicted molar refractivity (Wildman–Crippen MR) is 68.6 cm³/mol. The van der Waals surface area contributed by atoms with Crippen molar-refractivity contribution in [2.75, 3.05) is 19.6 Å². The quantitative estimate of drug-likeness (QED) is 0.865. The second-order valence-corrected chi connectivity index (χ2v) is 4.29. The molecule has 1 aliphatic rings. The van der Waals surface area contributed by atoms with Crippen LogP contribution < -0.4 is 10.6 Å². The summed E-state index contributed by atoms with van der Waals surface area (Å²) in [5.41, 5.74) is 0.643. The van der Waals surface area contributed by atoms with Gasteiger partial charge in [-0.1, -0.05) is 0 Å². The highest BCUT2D eigenvalue weighted by Crippen LogP contribution is 2.12. The van der Waals surface area contributed by atoms with Crippen molar-refractivity contribution in [1.82, 2.24) is 10.6 Å². The molecule has 2 rings (SSSR count). The summed E-state index contributed by atoms with van der Waals surface area (Å²) in [5.74, 6) is 1.36. The number of hydrogen-bond acceptors (Lipinski definition) is 3. The maximum atomic E-state index is 11.7. The maximum Gasteiger partial charge on any atom is 0.254 e. The van der Waals surface area contributed by atoms with E-state index in [0.717, 1.165) is 26.1 Å². The van der Waals surface area contributed by atoms with E-state index in [1.807, 2.05) is 0 Å². The van der Waals surface area contributed by atoms with Gasteiger partial charge in [0.25, 0.3) is 5.91 Å². The first-order chi connectivity index (χ1) is 7.77. The number of nitrogens with one attached hydrogen (secondary N) is 2. The van der Waals surface area contributed by atoms with E-state index in [-0.39, 0.29) is 18.3 Å². The molecule has 4 nitrogen and oxygen atoms in total. The molecule has 0 bridgehead atoms. The van der Waals surface area contributed by atoms with Gasteiger partial charge < -0.3 is 15.1 Å². The molecule has 96 valence electrons. The first kappa shape index (κ1) is 14.1. The lowest BCUT2D eigenvalue weighted by Gasteiger charge is -2.08. The molecule has 2 N–H and O–H groups in total. The van der Waals surface area contributed by atoms with Gasteiger partial charge in [0.1, 0.15) is 5.76 Å². The van der Waals surface area contributed by atoms with Crippen molar-refractivity contribution in [3.63, 3.8) is 0 Å². The lowest BCUT2D eigenvalue weighted by atomic mass is 10.1. The molecular weight excluding hydrogens is 240 g/mol. The minimum Gasteiger partial charge on any atom is -0.469 e. The Hall–Kier alpha value is -1.00. The van der Waals surface area contributed by atoms with Crippen LogP contribution in [0.4, 0.5) is 0 Å². The van der Waals surface area contributed by atoms with Crippen LogP contribution in [0.5, 0.6) is 0 Å². The number of amides is 1. The maximum absolute atomic E-state index is 11.7. The monoisotopic (exact) mass is 258 g/mol. The predicted octanol–water partition coefficient (Wildman–Crippen LogP) is 1.74. The van der Waals surface area contributed by atoms with Crippen LogP contribution in [0.2, 0.25) is 0 Å². The molecule has 1 aliphatic heterocycles. The molecule has 17 heavy (non-hydrogen) atoms. The summed E-state index contributed by atoms with van der Waals surface area (Å²) in [6, 6.07) is 1.71. The van der Waals surface area contributed by atoms with E-state index in [9.17, 15) is 4.79 Å². The first-order valence-corrected chi connectivity index (χ1v) is 5.80. The van der Waals surface area contributed by atoms with Crippen LogP contribution in [0.15, 0.2) is 16.7 Å². The zero-order valence-corrected chi connectivity index (χ0v) is 10.8. The fourth-order valence-electron chi connectivity index (χ4n) is 2.07. The molecule has 0 radical (unpaired) electrons. The van der Waals surface area contributed by atoms with Gasteiger partial charge in [0.05, 0.1) is 11.8 Å². The third-order valence-corrected chi connectivity index (χ3v) is 3.10. The SMILES string of the molecule is Cc1occc1C(=O)NCCC1CCNC1.Cl. The lowest BCUT2D eigenvalue weighted by molar-refractivity contribution is 0.0950. The minimum absolute atomic E-state index is 0. The highest BCUT2D eigenvalue weighted by atomic mass is 35.5. The molecule has 2 heterocycles. The molecule has 1 aromatic heterocycles.